The molecule has 0 spiro atoms. The van der Waals surface area contributed by atoms with Crippen molar-refractivity contribution >= 4 is 23.0 Å². The molecule has 3 rings (SSSR count). The molecule has 1 aromatic heterocycles. The molecular formula is C19H20N4O3S. The van der Waals surface area contributed by atoms with Gasteiger partial charge >= 0.3 is 0 Å². The smallest absolute Gasteiger partial charge is 0.246 e. The molecule has 2 aromatic carbocycles. The summed E-state index contributed by atoms with van der Waals surface area (Å²) in [5.74, 6) is 2.31. The van der Waals surface area contributed by atoms with E-state index in [1.165, 1.54) is 0 Å². The van der Waals surface area contributed by atoms with Crippen molar-refractivity contribution in [2.24, 2.45) is 0 Å². The first-order valence-electron chi connectivity index (χ1n) is 8.25. The van der Waals surface area contributed by atoms with Gasteiger partial charge in [-0.3, -0.25) is 0 Å². The van der Waals surface area contributed by atoms with Gasteiger partial charge in [0, 0.05) is 11.6 Å². The predicted molar refractivity (Wildman–Crippen MR) is 107 cm³/mol. The van der Waals surface area contributed by atoms with E-state index in [-0.39, 0.29) is 0 Å². The number of thiocarbonyl (C=S) groups is 1. The lowest BCUT2D eigenvalue weighted by Gasteiger charge is -2.13. The number of hydrogen-bond donors (Lipinski definition) is 2. The number of ether oxygens (including phenoxy) is 2. The molecule has 140 valence electrons. The van der Waals surface area contributed by atoms with Gasteiger partial charge in [0.25, 0.3) is 0 Å². The van der Waals surface area contributed by atoms with Gasteiger partial charge < -0.3 is 24.6 Å². The highest BCUT2D eigenvalue weighted by Gasteiger charge is 2.10. The molecule has 0 atom stereocenters. The van der Waals surface area contributed by atoms with Crippen molar-refractivity contribution < 1.29 is 14.0 Å². The van der Waals surface area contributed by atoms with E-state index in [0.29, 0.717) is 34.9 Å². The summed E-state index contributed by atoms with van der Waals surface area (Å²) in [5, 5.41) is 10.5. The summed E-state index contributed by atoms with van der Waals surface area (Å²) in [4.78, 5) is 4.39. The second kappa shape index (κ2) is 8.50. The van der Waals surface area contributed by atoms with Gasteiger partial charge in [0.1, 0.15) is 11.5 Å². The molecule has 8 heteroatoms. The summed E-state index contributed by atoms with van der Waals surface area (Å²) >= 11 is 5.32. The molecular weight excluding hydrogens is 364 g/mol. The summed E-state index contributed by atoms with van der Waals surface area (Å²) in [6, 6.07) is 13.3. The van der Waals surface area contributed by atoms with E-state index in [1.807, 2.05) is 43.3 Å². The van der Waals surface area contributed by atoms with Gasteiger partial charge in [-0.15, -0.1) is 0 Å². The molecule has 0 fully saturated rings. The minimum absolute atomic E-state index is 0.309. The van der Waals surface area contributed by atoms with Crippen LogP contribution in [0.5, 0.6) is 11.5 Å². The highest BCUT2D eigenvalue weighted by molar-refractivity contribution is 7.80. The lowest BCUT2D eigenvalue weighted by atomic mass is 10.1. The fourth-order valence-corrected chi connectivity index (χ4v) is 2.63. The van der Waals surface area contributed by atoms with Crippen LogP contribution in [-0.4, -0.2) is 29.5 Å². The average molecular weight is 384 g/mol. The monoisotopic (exact) mass is 384 g/mol. The van der Waals surface area contributed by atoms with Gasteiger partial charge in [0.05, 0.1) is 26.5 Å². The van der Waals surface area contributed by atoms with Crippen LogP contribution >= 0.6 is 12.2 Å². The van der Waals surface area contributed by atoms with Gasteiger partial charge in [-0.05, 0) is 37.3 Å². The molecule has 0 saturated carbocycles. The zero-order valence-corrected chi connectivity index (χ0v) is 16.1. The Hall–Kier alpha value is -3.13. The van der Waals surface area contributed by atoms with Crippen LogP contribution in [0.4, 0.5) is 5.69 Å². The first kappa shape index (κ1) is 18.7. The van der Waals surface area contributed by atoms with Crippen molar-refractivity contribution in [3.63, 3.8) is 0 Å². The number of aromatic nitrogens is 2. The Morgan fingerprint density at radius 2 is 2.00 bits per heavy atom. The van der Waals surface area contributed by atoms with Crippen LogP contribution in [0.25, 0.3) is 11.4 Å². The fourth-order valence-electron chi connectivity index (χ4n) is 2.45. The van der Waals surface area contributed by atoms with Crippen LogP contribution in [0.3, 0.4) is 0 Å². The molecule has 7 nitrogen and oxygen atoms in total. The first-order chi connectivity index (χ1) is 13.1. The molecule has 0 bridgehead atoms. The standard InChI is InChI=1S/C19H20N4O3S/c1-12-5-4-6-13(9-12)18-22-17(26-23-18)11-20-19(27)21-15-8-7-14(24-2)10-16(15)25-3/h4-10H,11H2,1-3H3,(H2,20,21,27). The molecule has 0 aliphatic rings. The van der Waals surface area contributed by atoms with Crippen LogP contribution in [0, 0.1) is 6.92 Å². The molecule has 0 saturated heterocycles. The number of hydrogen-bond acceptors (Lipinski definition) is 6. The summed E-state index contributed by atoms with van der Waals surface area (Å²) in [5.41, 5.74) is 2.77. The maximum Gasteiger partial charge on any atom is 0.246 e. The van der Waals surface area contributed by atoms with Gasteiger partial charge in [0.2, 0.25) is 11.7 Å². The van der Waals surface area contributed by atoms with Gasteiger partial charge in [-0.1, -0.05) is 28.9 Å². The Bertz CT molecular complexity index is 942. The third kappa shape index (κ3) is 4.73. The SMILES string of the molecule is COc1ccc(NC(=S)NCc2nc(-c3cccc(C)c3)no2)c(OC)c1. The van der Waals surface area contributed by atoms with Crippen molar-refractivity contribution in [2.45, 2.75) is 13.5 Å². The molecule has 0 radical (unpaired) electrons. The normalized spacial score (nSPS) is 10.3. The molecule has 0 amide bonds. The molecule has 2 N–H and O–H groups in total. The molecule has 0 aliphatic carbocycles. The lowest BCUT2D eigenvalue weighted by molar-refractivity contribution is 0.376. The van der Waals surface area contributed by atoms with Crippen molar-refractivity contribution in [1.29, 1.82) is 0 Å². The minimum Gasteiger partial charge on any atom is -0.497 e. The van der Waals surface area contributed by atoms with Gasteiger partial charge in [-0.25, -0.2) is 0 Å². The Labute approximate surface area is 162 Å². The Balaban J connectivity index is 1.60. The summed E-state index contributed by atoms with van der Waals surface area (Å²) < 4.78 is 15.8. The number of anilines is 1. The molecule has 0 unspecified atom stereocenters. The molecule has 3 aromatic rings. The number of aryl methyl sites for hydroxylation is 1. The third-order valence-corrected chi connectivity index (χ3v) is 4.05. The van der Waals surface area contributed by atoms with E-state index in [0.717, 1.165) is 16.8 Å². The van der Waals surface area contributed by atoms with Crippen molar-refractivity contribution in [1.82, 2.24) is 15.5 Å². The largest absolute Gasteiger partial charge is 0.497 e. The van der Waals surface area contributed by atoms with Crippen molar-refractivity contribution in [2.75, 3.05) is 19.5 Å². The Morgan fingerprint density at radius 1 is 1.15 bits per heavy atom. The summed E-state index contributed by atoms with van der Waals surface area (Å²) in [6.07, 6.45) is 0. The van der Waals surface area contributed by atoms with E-state index in [9.17, 15) is 0 Å². The highest BCUT2D eigenvalue weighted by Crippen LogP contribution is 2.28. The zero-order chi connectivity index (χ0) is 19.2. The van der Waals surface area contributed by atoms with E-state index in [2.05, 4.69) is 20.8 Å². The van der Waals surface area contributed by atoms with Gasteiger partial charge in [-0.2, -0.15) is 4.98 Å². The second-order valence-electron chi connectivity index (χ2n) is 5.76. The van der Waals surface area contributed by atoms with Crippen molar-refractivity contribution in [3.8, 4) is 22.9 Å². The fraction of sp³-hybridized carbons (Fsp3) is 0.211. The van der Waals surface area contributed by atoms with Crippen LogP contribution in [0.2, 0.25) is 0 Å². The quantitative estimate of drug-likeness (QED) is 0.625. The van der Waals surface area contributed by atoms with Crippen molar-refractivity contribution in [3.05, 3.63) is 53.9 Å². The lowest BCUT2D eigenvalue weighted by Crippen LogP contribution is -2.28. The maximum absolute atomic E-state index is 5.34. The average Bonchev–Trinajstić information content (AvgIpc) is 3.16. The van der Waals surface area contributed by atoms with E-state index in [1.54, 1.807) is 20.3 Å². The molecule has 27 heavy (non-hydrogen) atoms. The number of methoxy groups -OCH3 is 2. The number of benzene rings is 2. The number of rotatable bonds is 6. The second-order valence-corrected chi connectivity index (χ2v) is 6.16. The number of nitrogens with one attached hydrogen (secondary N) is 2. The van der Waals surface area contributed by atoms with Crippen LogP contribution in [-0.2, 0) is 6.54 Å². The van der Waals surface area contributed by atoms with Crippen LogP contribution < -0.4 is 20.1 Å². The van der Waals surface area contributed by atoms with E-state index in [4.69, 9.17) is 26.2 Å². The molecule has 1 heterocycles. The van der Waals surface area contributed by atoms with Crippen LogP contribution in [0.1, 0.15) is 11.5 Å². The zero-order valence-electron chi connectivity index (χ0n) is 15.3. The topological polar surface area (TPSA) is 81.4 Å². The van der Waals surface area contributed by atoms with E-state index >= 15 is 0 Å². The predicted octanol–water partition coefficient (Wildman–Crippen LogP) is 3.55. The Kier molecular flexibility index (Phi) is 5.87. The van der Waals surface area contributed by atoms with E-state index < -0.39 is 0 Å². The third-order valence-electron chi connectivity index (χ3n) is 3.80. The minimum atomic E-state index is 0.309. The van der Waals surface area contributed by atoms with Gasteiger partial charge in [0.15, 0.2) is 5.11 Å². The van der Waals surface area contributed by atoms with Crippen LogP contribution in [0.15, 0.2) is 47.0 Å². The molecule has 0 aliphatic heterocycles. The number of nitrogens with zero attached hydrogens (tertiary/aromatic N) is 2. The Morgan fingerprint density at radius 3 is 2.74 bits per heavy atom. The summed E-state index contributed by atoms with van der Waals surface area (Å²) in [6.45, 7) is 2.33. The first-order valence-corrected chi connectivity index (χ1v) is 8.66. The maximum atomic E-state index is 5.34. The highest BCUT2D eigenvalue weighted by atomic mass is 32.1. The summed E-state index contributed by atoms with van der Waals surface area (Å²) in [7, 11) is 3.19.